The van der Waals surface area contributed by atoms with Crippen LogP contribution >= 0.6 is 11.3 Å². The molecule has 2 atom stereocenters. The number of thiophene rings is 1. The van der Waals surface area contributed by atoms with Crippen LogP contribution < -0.4 is 5.32 Å². The number of hydrogen-bond acceptors (Lipinski definition) is 5. The number of nitrogens with one attached hydrogen (secondary N) is 1. The molecule has 1 aromatic rings. The van der Waals surface area contributed by atoms with Crippen molar-refractivity contribution in [2.24, 2.45) is 0 Å². The predicted molar refractivity (Wildman–Crippen MR) is 60.4 cm³/mol. The molecule has 90 valence electrons. The maximum absolute atomic E-state index is 10.3. The standard InChI is InChI=1S/C10H15NO4S/c12-8(3-10(14)15)4-11-5-9(13)7-1-2-16-6-7/h1-2,6,8-9,11-13H,3-5H2,(H,14,15). The highest BCUT2D eigenvalue weighted by molar-refractivity contribution is 7.07. The van der Waals surface area contributed by atoms with E-state index in [0.717, 1.165) is 5.56 Å². The van der Waals surface area contributed by atoms with Crippen molar-refractivity contribution in [1.29, 1.82) is 0 Å². The number of hydrogen-bond donors (Lipinski definition) is 4. The van der Waals surface area contributed by atoms with Crippen molar-refractivity contribution in [3.63, 3.8) is 0 Å². The molecule has 2 unspecified atom stereocenters. The number of carboxylic acid groups (broad SMARTS) is 1. The lowest BCUT2D eigenvalue weighted by molar-refractivity contribution is -0.139. The molecule has 0 aliphatic carbocycles. The number of carboxylic acids is 1. The Morgan fingerprint density at radius 2 is 2.19 bits per heavy atom. The van der Waals surface area contributed by atoms with Gasteiger partial charge in [-0.3, -0.25) is 4.79 Å². The van der Waals surface area contributed by atoms with Gasteiger partial charge in [0.25, 0.3) is 0 Å². The highest BCUT2D eigenvalue weighted by Gasteiger charge is 2.11. The summed E-state index contributed by atoms with van der Waals surface area (Å²) in [6, 6.07) is 1.82. The Balaban J connectivity index is 2.18. The molecular formula is C10H15NO4S. The second-order valence-corrected chi connectivity index (χ2v) is 4.26. The van der Waals surface area contributed by atoms with Gasteiger partial charge >= 0.3 is 5.97 Å². The van der Waals surface area contributed by atoms with Gasteiger partial charge in [-0.25, -0.2) is 0 Å². The van der Waals surface area contributed by atoms with Crippen LogP contribution in [0.5, 0.6) is 0 Å². The molecule has 0 bridgehead atoms. The van der Waals surface area contributed by atoms with Crippen molar-refractivity contribution in [2.75, 3.05) is 13.1 Å². The number of aliphatic hydroxyl groups excluding tert-OH is 2. The number of rotatable bonds is 7. The molecule has 1 heterocycles. The van der Waals surface area contributed by atoms with Crippen LogP contribution in [-0.4, -0.2) is 40.5 Å². The van der Waals surface area contributed by atoms with Crippen LogP contribution in [-0.2, 0) is 4.79 Å². The van der Waals surface area contributed by atoms with E-state index in [-0.39, 0.29) is 13.0 Å². The second kappa shape index (κ2) is 6.59. The number of aliphatic hydroxyl groups is 2. The number of carbonyl (C=O) groups is 1. The Morgan fingerprint density at radius 3 is 2.75 bits per heavy atom. The molecule has 5 nitrogen and oxygen atoms in total. The lowest BCUT2D eigenvalue weighted by Gasteiger charge is -2.12. The summed E-state index contributed by atoms with van der Waals surface area (Å²) in [5.74, 6) is -1.03. The first-order chi connectivity index (χ1) is 7.59. The average molecular weight is 245 g/mol. The Bertz CT molecular complexity index is 315. The Hall–Kier alpha value is -0.950. The fourth-order valence-electron chi connectivity index (χ4n) is 1.24. The topological polar surface area (TPSA) is 89.8 Å². The van der Waals surface area contributed by atoms with Gasteiger partial charge in [0.1, 0.15) is 0 Å². The zero-order valence-electron chi connectivity index (χ0n) is 8.67. The quantitative estimate of drug-likeness (QED) is 0.551. The van der Waals surface area contributed by atoms with E-state index in [9.17, 15) is 15.0 Å². The van der Waals surface area contributed by atoms with Gasteiger partial charge in [0, 0.05) is 13.1 Å². The summed E-state index contributed by atoms with van der Waals surface area (Å²) in [5, 5.41) is 33.8. The third kappa shape index (κ3) is 4.71. The molecule has 0 radical (unpaired) electrons. The summed E-state index contributed by atoms with van der Waals surface area (Å²) < 4.78 is 0. The molecule has 4 N–H and O–H groups in total. The minimum Gasteiger partial charge on any atom is -0.481 e. The lowest BCUT2D eigenvalue weighted by Crippen LogP contribution is -2.31. The van der Waals surface area contributed by atoms with Crippen molar-refractivity contribution < 1.29 is 20.1 Å². The largest absolute Gasteiger partial charge is 0.481 e. The monoisotopic (exact) mass is 245 g/mol. The fraction of sp³-hybridized carbons (Fsp3) is 0.500. The van der Waals surface area contributed by atoms with E-state index >= 15 is 0 Å². The van der Waals surface area contributed by atoms with Crippen LogP contribution in [0.15, 0.2) is 16.8 Å². The maximum Gasteiger partial charge on any atom is 0.306 e. The third-order valence-electron chi connectivity index (χ3n) is 2.06. The molecule has 0 saturated carbocycles. The second-order valence-electron chi connectivity index (χ2n) is 3.48. The van der Waals surface area contributed by atoms with Crippen molar-refractivity contribution >= 4 is 17.3 Å². The van der Waals surface area contributed by atoms with Gasteiger partial charge < -0.3 is 20.6 Å². The first-order valence-corrected chi connectivity index (χ1v) is 5.84. The molecular weight excluding hydrogens is 230 g/mol. The lowest BCUT2D eigenvalue weighted by atomic mass is 10.2. The normalized spacial score (nSPS) is 14.6. The van der Waals surface area contributed by atoms with Gasteiger partial charge in [0.2, 0.25) is 0 Å². The van der Waals surface area contributed by atoms with Crippen molar-refractivity contribution in [3.8, 4) is 0 Å². The van der Waals surface area contributed by atoms with E-state index in [4.69, 9.17) is 5.11 Å². The Labute approximate surface area is 97.4 Å². The zero-order chi connectivity index (χ0) is 12.0. The minimum absolute atomic E-state index is 0.160. The fourth-order valence-corrected chi connectivity index (χ4v) is 1.95. The van der Waals surface area contributed by atoms with Gasteiger partial charge in [-0.15, -0.1) is 0 Å². The summed E-state index contributed by atoms with van der Waals surface area (Å²) >= 11 is 1.50. The maximum atomic E-state index is 10.3. The molecule has 1 aromatic heterocycles. The third-order valence-corrected chi connectivity index (χ3v) is 2.76. The van der Waals surface area contributed by atoms with Gasteiger partial charge in [-0.05, 0) is 22.4 Å². The molecule has 0 saturated heterocycles. The highest BCUT2D eigenvalue weighted by Crippen LogP contribution is 2.14. The van der Waals surface area contributed by atoms with Crippen LogP contribution in [0.2, 0.25) is 0 Å². The van der Waals surface area contributed by atoms with E-state index in [2.05, 4.69) is 5.32 Å². The number of aliphatic carboxylic acids is 1. The highest BCUT2D eigenvalue weighted by atomic mass is 32.1. The molecule has 0 aromatic carbocycles. The summed E-state index contributed by atoms with van der Waals surface area (Å²) in [5.41, 5.74) is 0.824. The molecule has 0 aliphatic rings. The molecule has 0 spiro atoms. The van der Waals surface area contributed by atoms with Crippen molar-refractivity contribution in [1.82, 2.24) is 5.32 Å². The Morgan fingerprint density at radius 1 is 1.44 bits per heavy atom. The van der Waals surface area contributed by atoms with E-state index in [1.807, 2.05) is 16.8 Å². The van der Waals surface area contributed by atoms with Gasteiger partial charge in [-0.2, -0.15) is 11.3 Å². The van der Waals surface area contributed by atoms with Gasteiger partial charge in [0.15, 0.2) is 0 Å². The van der Waals surface area contributed by atoms with Crippen molar-refractivity contribution in [2.45, 2.75) is 18.6 Å². The van der Waals surface area contributed by atoms with Gasteiger partial charge in [0.05, 0.1) is 18.6 Å². The summed E-state index contributed by atoms with van der Waals surface area (Å²) in [6.07, 6.45) is -1.84. The summed E-state index contributed by atoms with van der Waals surface area (Å²) in [4.78, 5) is 10.3. The van der Waals surface area contributed by atoms with Crippen LogP contribution in [0.3, 0.4) is 0 Å². The molecule has 16 heavy (non-hydrogen) atoms. The van der Waals surface area contributed by atoms with Crippen LogP contribution in [0, 0.1) is 0 Å². The summed E-state index contributed by atoms with van der Waals surface area (Å²) in [6.45, 7) is 0.459. The van der Waals surface area contributed by atoms with E-state index in [1.54, 1.807) is 0 Å². The molecule has 1 rings (SSSR count). The van der Waals surface area contributed by atoms with E-state index in [1.165, 1.54) is 11.3 Å². The molecule has 6 heteroatoms. The van der Waals surface area contributed by atoms with E-state index in [0.29, 0.717) is 6.54 Å². The molecule has 0 fully saturated rings. The molecule has 0 aliphatic heterocycles. The van der Waals surface area contributed by atoms with Crippen LogP contribution in [0.25, 0.3) is 0 Å². The van der Waals surface area contributed by atoms with Gasteiger partial charge in [-0.1, -0.05) is 0 Å². The summed E-state index contributed by atoms with van der Waals surface area (Å²) in [7, 11) is 0. The van der Waals surface area contributed by atoms with Crippen LogP contribution in [0.4, 0.5) is 0 Å². The first-order valence-electron chi connectivity index (χ1n) is 4.90. The minimum atomic E-state index is -1.03. The average Bonchev–Trinajstić information content (AvgIpc) is 2.68. The SMILES string of the molecule is O=C(O)CC(O)CNCC(O)c1ccsc1. The predicted octanol–water partition coefficient (Wildman–Crippen LogP) is 0.207. The van der Waals surface area contributed by atoms with Crippen LogP contribution in [0.1, 0.15) is 18.1 Å². The van der Waals surface area contributed by atoms with E-state index < -0.39 is 18.2 Å². The first kappa shape index (κ1) is 13.1. The van der Waals surface area contributed by atoms with Crippen molar-refractivity contribution in [3.05, 3.63) is 22.4 Å². The zero-order valence-corrected chi connectivity index (χ0v) is 9.48. The molecule has 0 amide bonds. The Kier molecular flexibility index (Phi) is 5.41. The smallest absolute Gasteiger partial charge is 0.306 e.